The summed E-state index contributed by atoms with van der Waals surface area (Å²) in [7, 11) is 6.46. The van der Waals surface area contributed by atoms with Crippen LogP contribution in [0.4, 0.5) is 13.2 Å². The summed E-state index contributed by atoms with van der Waals surface area (Å²) in [5.74, 6) is 1.86. The molecule has 5 heterocycles. The van der Waals surface area contributed by atoms with E-state index in [2.05, 4.69) is 113 Å². The van der Waals surface area contributed by atoms with Crippen LogP contribution in [0, 0.1) is 31.3 Å². The van der Waals surface area contributed by atoms with Gasteiger partial charge in [-0.3, -0.25) is 0 Å². The Hall–Kier alpha value is -2.70. The van der Waals surface area contributed by atoms with Crippen molar-refractivity contribution >= 4 is 66.8 Å². The standard InChI is InChI=1S/C13H14FNS.C12H12FNS.C12H21NS.C9H11FS.C3H8.C2H6/c1-15-5-4-9(7-15)12-8-16-13-6-10(14)2-3-11(12)13;13-9-1-2-10-11(7-15-12(10)5-9)8-3-4-14-6-8;1-6-11(7-13(4)5)12-8-14-10(3)9(12)2;1-6(2)8-4-3-7(10)5-9(8)11;1-3-2;1-2/h2-3,6,8-9H,4-5,7H2,1H3;1-2,5,7-8,14H,3-4,6H2;8,11H,6-7H2,1-5H3;3-6,11H,1-2H3;3H2,1-2H3;1-2H3/t;8-;11-;;;/m.00.../s1. The maximum atomic E-state index is 13.1. The lowest BCUT2D eigenvalue weighted by Crippen LogP contribution is -2.20. The van der Waals surface area contributed by atoms with E-state index >= 15 is 0 Å². The second kappa shape index (κ2) is 26.8. The molecular formula is C51H72F3N3S4. The number of fused-ring (bicyclic) bond motifs is 2. The number of likely N-dealkylation sites (N-methyl/N-ethyl adjacent to an activating group) is 2. The van der Waals surface area contributed by atoms with Gasteiger partial charge < -0.3 is 15.1 Å². The predicted molar refractivity (Wildman–Crippen MR) is 269 cm³/mol. The number of rotatable bonds is 7. The van der Waals surface area contributed by atoms with E-state index in [-0.39, 0.29) is 17.5 Å². The number of nitrogens with zero attached hydrogens (tertiary/aromatic N) is 2. The van der Waals surface area contributed by atoms with Gasteiger partial charge >= 0.3 is 0 Å². The summed E-state index contributed by atoms with van der Waals surface area (Å²) in [6.07, 6.45) is 4.90. The molecule has 6 aromatic rings. The largest absolute Gasteiger partial charge is 0.316 e. The van der Waals surface area contributed by atoms with E-state index in [9.17, 15) is 13.2 Å². The lowest BCUT2D eigenvalue weighted by molar-refractivity contribution is 0.368. The number of benzene rings is 3. The number of halogens is 3. The van der Waals surface area contributed by atoms with Crippen LogP contribution in [0.2, 0.25) is 0 Å². The van der Waals surface area contributed by atoms with Crippen molar-refractivity contribution in [2.75, 3.05) is 53.9 Å². The first-order chi connectivity index (χ1) is 29.2. The molecule has 0 saturated carbocycles. The first-order valence-electron chi connectivity index (χ1n) is 22.1. The normalized spacial score (nSPS) is 16.4. The predicted octanol–water partition coefficient (Wildman–Crippen LogP) is 15.7. The van der Waals surface area contributed by atoms with Gasteiger partial charge in [0.1, 0.15) is 17.5 Å². The fraction of sp³-hybridized carbons (Fsp3) is 0.490. The Kier molecular flexibility index (Phi) is 23.1. The average molecular weight is 912 g/mol. The highest BCUT2D eigenvalue weighted by atomic mass is 32.1. The van der Waals surface area contributed by atoms with Crippen LogP contribution in [0.3, 0.4) is 0 Å². The molecule has 8 rings (SSSR count). The second-order valence-electron chi connectivity index (χ2n) is 16.4. The van der Waals surface area contributed by atoms with Gasteiger partial charge in [0.05, 0.1) is 0 Å². The van der Waals surface area contributed by atoms with Gasteiger partial charge in [-0.1, -0.05) is 73.1 Å². The molecule has 1 N–H and O–H groups in total. The zero-order valence-electron chi connectivity index (χ0n) is 38.8. The van der Waals surface area contributed by atoms with Crippen LogP contribution in [-0.4, -0.2) is 63.7 Å². The van der Waals surface area contributed by atoms with Gasteiger partial charge in [0.25, 0.3) is 0 Å². The first-order valence-corrected chi connectivity index (χ1v) is 25.2. The van der Waals surface area contributed by atoms with Gasteiger partial charge in [0.2, 0.25) is 0 Å². The van der Waals surface area contributed by atoms with Crippen molar-refractivity contribution in [3.05, 3.63) is 121 Å². The van der Waals surface area contributed by atoms with Gasteiger partial charge in [-0.25, -0.2) is 13.2 Å². The number of hydrogen-bond acceptors (Lipinski definition) is 7. The molecule has 2 fully saturated rings. The van der Waals surface area contributed by atoms with E-state index in [1.807, 2.05) is 37.3 Å². The summed E-state index contributed by atoms with van der Waals surface area (Å²) in [5, 5.41) is 12.6. The number of thiol groups is 1. The molecule has 2 aliphatic heterocycles. The molecule has 61 heavy (non-hydrogen) atoms. The third-order valence-electron chi connectivity index (χ3n) is 10.9. The molecule has 1 unspecified atom stereocenters. The van der Waals surface area contributed by atoms with E-state index in [4.69, 9.17) is 0 Å². The quantitative estimate of drug-likeness (QED) is 0.156. The number of thiophene rings is 3. The second-order valence-corrected chi connectivity index (χ2v) is 19.8. The van der Waals surface area contributed by atoms with Crippen molar-refractivity contribution < 1.29 is 13.2 Å². The smallest absolute Gasteiger partial charge is 0.124 e. The van der Waals surface area contributed by atoms with E-state index in [1.165, 1.54) is 76.7 Å². The van der Waals surface area contributed by atoms with Gasteiger partial charge in [-0.15, -0.1) is 46.6 Å². The molecule has 3 aromatic carbocycles. The van der Waals surface area contributed by atoms with Crippen molar-refractivity contribution in [3.8, 4) is 0 Å². The summed E-state index contributed by atoms with van der Waals surface area (Å²) in [5.41, 5.74) is 6.95. The van der Waals surface area contributed by atoms with Crippen LogP contribution < -0.4 is 5.32 Å². The van der Waals surface area contributed by atoms with E-state index in [1.54, 1.807) is 58.6 Å². The van der Waals surface area contributed by atoms with Crippen LogP contribution in [0.5, 0.6) is 0 Å². The summed E-state index contributed by atoms with van der Waals surface area (Å²) >= 11 is 9.36. The van der Waals surface area contributed by atoms with E-state index in [0.717, 1.165) is 46.0 Å². The monoisotopic (exact) mass is 911 g/mol. The minimum Gasteiger partial charge on any atom is -0.316 e. The highest BCUT2D eigenvalue weighted by molar-refractivity contribution is 7.80. The topological polar surface area (TPSA) is 18.5 Å². The molecule has 0 amide bonds. The average Bonchev–Trinajstić information content (AvgIpc) is 4.08. The van der Waals surface area contributed by atoms with Gasteiger partial charge in [-0.2, -0.15) is 0 Å². The lowest BCUT2D eigenvalue weighted by atomic mass is 9.95. The van der Waals surface area contributed by atoms with Crippen LogP contribution >= 0.6 is 46.6 Å². The van der Waals surface area contributed by atoms with Gasteiger partial charge in [0, 0.05) is 38.8 Å². The SMILES string of the molecule is CC.CC(C)c1ccc(F)cc1S.CCC.CC[C@@H](CN(C)C)c1csc(C)c1C.CN1CCC(c2csc3cc(F)ccc23)C1.Fc1ccc2c([C@H]3CCNC3)csc2c1. The number of aryl methyl sites for hydroxylation is 1. The first kappa shape index (κ1) is 52.6. The molecule has 336 valence electrons. The minimum absolute atomic E-state index is 0.135. The highest BCUT2D eigenvalue weighted by Gasteiger charge is 2.24. The van der Waals surface area contributed by atoms with Crippen molar-refractivity contribution in [1.82, 2.24) is 15.1 Å². The minimum atomic E-state index is -0.223. The molecule has 0 bridgehead atoms. The zero-order valence-corrected chi connectivity index (χ0v) is 42.1. The van der Waals surface area contributed by atoms with Crippen molar-refractivity contribution in [2.45, 2.75) is 117 Å². The van der Waals surface area contributed by atoms with Crippen LogP contribution in [0.1, 0.15) is 131 Å². The molecule has 10 heteroatoms. The Labute approximate surface area is 384 Å². The van der Waals surface area contributed by atoms with E-state index < -0.39 is 0 Å². The molecule has 2 saturated heterocycles. The molecular weight excluding hydrogens is 840 g/mol. The summed E-state index contributed by atoms with van der Waals surface area (Å²) in [4.78, 5) is 6.84. The number of hydrogen-bond donors (Lipinski definition) is 2. The summed E-state index contributed by atoms with van der Waals surface area (Å²) in [6, 6.07) is 14.9. The molecule has 0 aliphatic carbocycles. The maximum absolute atomic E-state index is 13.1. The maximum Gasteiger partial charge on any atom is 0.124 e. The van der Waals surface area contributed by atoms with Gasteiger partial charge in [0.15, 0.2) is 0 Å². The molecule has 3 nitrogen and oxygen atoms in total. The van der Waals surface area contributed by atoms with Crippen LogP contribution in [0.15, 0.2) is 75.6 Å². The Morgan fingerprint density at radius 3 is 1.74 bits per heavy atom. The highest BCUT2D eigenvalue weighted by Crippen LogP contribution is 2.37. The van der Waals surface area contributed by atoms with Crippen molar-refractivity contribution in [2.24, 2.45) is 0 Å². The molecule has 0 spiro atoms. The summed E-state index contributed by atoms with van der Waals surface area (Å²) < 4.78 is 40.8. The number of likely N-dealkylation sites (tertiary alicyclic amines) is 1. The molecule has 0 radical (unpaired) electrons. The molecule has 3 aromatic heterocycles. The third-order valence-corrected chi connectivity index (χ3v) is 14.3. The van der Waals surface area contributed by atoms with Crippen molar-refractivity contribution in [3.63, 3.8) is 0 Å². The number of nitrogens with one attached hydrogen (secondary N) is 1. The zero-order chi connectivity index (χ0) is 45.2. The summed E-state index contributed by atoms with van der Waals surface area (Å²) in [6.45, 7) is 24.7. The third kappa shape index (κ3) is 15.8. The van der Waals surface area contributed by atoms with Crippen molar-refractivity contribution in [1.29, 1.82) is 0 Å². The van der Waals surface area contributed by atoms with E-state index in [0.29, 0.717) is 23.7 Å². The Balaban J connectivity index is 0.000000211. The molecule has 2 aliphatic rings. The van der Waals surface area contributed by atoms with Crippen LogP contribution in [0.25, 0.3) is 20.2 Å². The molecule has 3 atom stereocenters. The lowest BCUT2D eigenvalue weighted by Gasteiger charge is -2.19. The Morgan fingerprint density at radius 1 is 0.770 bits per heavy atom. The Morgan fingerprint density at radius 2 is 1.31 bits per heavy atom. The van der Waals surface area contributed by atoms with Gasteiger partial charge in [-0.05, 0) is 182 Å². The van der Waals surface area contributed by atoms with Crippen LogP contribution in [-0.2, 0) is 0 Å². The Bertz CT molecular complexity index is 2170. The fourth-order valence-electron chi connectivity index (χ4n) is 7.61. The fourth-order valence-corrected chi connectivity index (χ4v) is 11.2.